The minimum absolute atomic E-state index is 0.129. The van der Waals surface area contributed by atoms with Crippen LogP contribution in [0.5, 0.6) is 0 Å². The van der Waals surface area contributed by atoms with Gasteiger partial charge in [0, 0.05) is 13.0 Å². The van der Waals surface area contributed by atoms with Crippen LogP contribution in [0.4, 0.5) is 0 Å². The van der Waals surface area contributed by atoms with Crippen LogP contribution in [0, 0.1) is 5.92 Å². The predicted octanol–water partition coefficient (Wildman–Crippen LogP) is -3.70. The monoisotopic (exact) mass is 516 g/mol. The van der Waals surface area contributed by atoms with E-state index in [0.717, 1.165) is 0 Å². The fourth-order valence-corrected chi connectivity index (χ4v) is 2.92. The van der Waals surface area contributed by atoms with Crippen molar-refractivity contribution in [3.8, 4) is 0 Å². The number of primary amides is 1. The summed E-state index contributed by atoms with van der Waals surface area (Å²) in [6, 6.07) is -5.40. The Balaban J connectivity index is 5.48. The molecule has 0 heterocycles. The number of nitrogens with zero attached hydrogens (tertiary/aromatic N) is 1. The van der Waals surface area contributed by atoms with Crippen molar-refractivity contribution in [1.82, 2.24) is 16.0 Å². The van der Waals surface area contributed by atoms with E-state index in [0.29, 0.717) is 6.42 Å². The lowest BCUT2D eigenvalue weighted by Crippen LogP contribution is -2.58. The highest BCUT2D eigenvalue weighted by molar-refractivity contribution is 5.96. The molecule has 0 saturated heterocycles. The normalized spacial score (nSPS) is 14.0. The van der Waals surface area contributed by atoms with Crippen LogP contribution in [0.2, 0.25) is 0 Å². The van der Waals surface area contributed by atoms with E-state index < -0.39 is 78.5 Å². The first kappa shape index (κ1) is 32.0. The number of nitrogens with one attached hydrogen (secondary N) is 3. The maximum absolute atomic E-state index is 12.8. The summed E-state index contributed by atoms with van der Waals surface area (Å²) in [7, 11) is 0. The van der Waals surface area contributed by atoms with Crippen molar-refractivity contribution in [3.05, 3.63) is 0 Å². The molecular weight excluding hydrogens is 480 g/mol. The third-order valence-electron chi connectivity index (χ3n) is 4.85. The fraction of sp³-hybridized carbons (Fsp3) is 0.650. The molecule has 4 atom stereocenters. The number of rotatable bonds is 17. The maximum atomic E-state index is 12.8. The number of hydrogen-bond donors (Lipinski definition) is 9. The van der Waals surface area contributed by atoms with Crippen molar-refractivity contribution in [2.75, 3.05) is 6.54 Å². The summed E-state index contributed by atoms with van der Waals surface area (Å²) in [6.45, 7) is 3.30. The zero-order valence-electron chi connectivity index (χ0n) is 20.2. The first-order chi connectivity index (χ1) is 16.6. The van der Waals surface area contributed by atoms with E-state index in [1.807, 2.05) is 0 Å². The van der Waals surface area contributed by atoms with Gasteiger partial charge in [0.25, 0.3) is 0 Å². The quantitative estimate of drug-likeness (QED) is 0.0514. The Hall–Kier alpha value is -3.95. The van der Waals surface area contributed by atoms with Crippen LogP contribution in [0.15, 0.2) is 4.99 Å². The number of carboxylic acid groups (broad SMARTS) is 2. The van der Waals surface area contributed by atoms with Gasteiger partial charge in [0.15, 0.2) is 5.96 Å². The maximum Gasteiger partial charge on any atom is 0.326 e. The third-order valence-corrected chi connectivity index (χ3v) is 4.85. The Labute approximate surface area is 207 Å². The van der Waals surface area contributed by atoms with Gasteiger partial charge in [-0.25, -0.2) is 4.79 Å². The SMILES string of the molecule is CC(C)C(NC(=O)C(CCC(=O)O)NC(=O)C(CC(N)=O)NC(=O)C(N)CCCN=C(N)N)C(=O)O. The molecule has 0 aliphatic rings. The highest BCUT2D eigenvalue weighted by Crippen LogP contribution is 2.06. The predicted molar refractivity (Wildman–Crippen MR) is 127 cm³/mol. The van der Waals surface area contributed by atoms with Crippen LogP contribution in [0.25, 0.3) is 0 Å². The van der Waals surface area contributed by atoms with E-state index >= 15 is 0 Å². The molecule has 0 saturated carbocycles. The van der Waals surface area contributed by atoms with Crippen molar-refractivity contribution >= 4 is 41.5 Å². The Bertz CT molecular complexity index is 844. The van der Waals surface area contributed by atoms with Crippen LogP contribution in [-0.4, -0.2) is 82.5 Å². The molecule has 204 valence electrons. The first-order valence-electron chi connectivity index (χ1n) is 11.1. The number of nitrogens with two attached hydrogens (primary N) is 4. The van der Waals surface area contributed by atoms with Crippen LogP contribution in [0.3, 0.4) is 0 Å². The molecule has 0 bridgehead atoms. The molecule has 0 radical (unpaired) electrons. The first-order valence-corrected chi connectivity index (χ1v) is 11.1. The molecule has 16 nitrogen and oxygen atoms in total. The smallest absolute Gasteiger partial charge is 0.326 e. The standard InChI is InChI=1S/C20H36N8O8/c1-9(2)15(19(35)36)28-17(33)11(5-6-14(30)31)26-18(34)12(8-13(22)29)27-16(32)10(21)4-3-7-25-20(23)24/h9-12,15H,3-8,21H2,1-2H3,(H2,22,29)(H,26,34)(H,27,32)(H,28,33)(H,30,31)(H,35,36)(H4,23,24,25). The van der Waals surface area contributed by atoms with Crippen molar-refractivity contribution in [3.63, 3.8) is 0 Å². The van der Waals surface area contributed by atoms with Crippen LogP contribution in [0.1, 0.15) is 46.0 Å². The number of aliphatic carboxylic acids is 2. The van der Waals surface area contributed by atoms with Crippen LogP contribution >= 0.6 is 0 Å². The summed E-state index contributed by atoms with van der Waals surface area (Å²) >= 11 is 0. The minimum atomic E-state index is -1.53. The lowest BCUT2D eigenvalue weighted by atomic mass is 10.0. The molecule has 0 fully saturated rings. The van der Waals surface area contributed by atoms with Crippen molar-refractivity contribution in [2.24, 2.45) is 33.8 Å². The second-order valence-corrected chi connectivity index (χ2v) is 8.35. The molecule has 36 heavy (non-hydrogen) atoms. The van der Waals surface area contributed by atoms with Crippen molar-refractivity contribution in [1.29, 1.82) is 0 Å². The molecule has 13 N–H and O–H groups in total. The second-order valence-electron chi connectivity index (χ2n) is 8.35. The summed E-state index contributed by atoms with van der Waals surface area (Å²) in [6.07, 6.45) is -1.08. The molecule has 0 aromatic rings. The van der Waals surface area contributed by atoms with Gasteiger partial charge in [0.05, 0.1) is 12.5 Å². The van der Waals surface area contributed by atoms with E-state index in [1.165, 1.54) is 0 Å². The lowest BCUT2D eigenvalue weighted by Gasteiger charge is -2.25. The van der Waals surface area contributed by atoms with Gasteiger partial charge in [-0.2, -0.15) is 0 Å². The summed E-state index contributed by atoms with van der Waals surface area (Å²) in [5.74, 6) is -6.95. The van der Waals surface area contributed by atoms with E-state index in [4.69, 9.17) is 28.0 Å². The summed E-state index contributed by atoms with van der Waals surface area (Å²) in [5.41, 5.74) is 21.4. The van der Waals surface area contributed by atoms with Gasteiger partial charge >= 0.3 is 11.9 Å². The number of hydrogen-bond acceptors (Lipinski definition) is 8. The number of carboxylic acids is 2. The van der Waals surface area contributed by atoms with Crippen molar-refractivity contribution < 1.29 is 39.0 Å². The minimum Gasteiger partial charge on any atom is -0.481 e. The summed E-state index contributed by atoms with van der Waals surface area (Å²) in [5, 5.41) is 25.0. The zero-order chi connectivity index (χ0) is 28.0. The van der Waals surface area contributed by atoms with E-state index in [-0.39, 0.29) is 25.3 Å². The number of aliphatic imine (C=N–C) groups is 1. The molecule has 0 spiro atoms. The van der Waals surface area contributed by atoms with Gasteiger partial charge in [0.2, 0.25) is 23.6 Å². The molecule has 0 rings (SSSR count). The molecular formula is C20H36N8O8. The number of carbonyl (C=O) groups excluding carboxylic acids is 4. The number of carbonyl (C=O) groups is 6. The van der Waals surface area contributed by atoms with Gasteiger partial charge in [-0.05, 0) is 25.2 Å². The van der Waals surface area contributed by atoms with Gasteiger partial charge in [-0.3, -0.25) is 29.0 Å². The topological polar surface area (TPSA) is 295 Å². The third kappa shape index (κ3) is 13.1. The zero-order valence-corrected chi connectivity index (χ0v) is 20.2. The van der Waals surface area contributed by atoms with Gasteiger partial charge in [-0.1, -0.05) is 13.8 Å². The fourth-order valence-electron chi connectivity index (χ4n) is 2.92. The Morgan fingerprint density at radius 1 is 0.833 bits per heavy atom. The summed E-state index contributed by atoms with van der Waals surface area (Å²) in [4.78, 5) is 75.5. The average Bonchev–Trinajstić information content (AvgIpc) is 2.75. The molecule has 0 aromatic carbocycles. The highest BCUT2D eigenvalue weighted by Gasteiger charge is 2.32. The summed E-state index contributed by atoms with van der Waals surface area (Å²) < 4.78 is 0. The lowest BCUT2D eigenvalue weighted by molar-refractivity contribution is -0.144. The average molecular weight is 517 g/mol. The van der Waals surface area contributed by atoms with E-state index in [2.05, 4.69) is 20.9 Å². The van der Waals surface area contributed by atoms with Crippen molar-refractivity contribution in [2.45, 2.75) is 70.1 Å². The number of guanidine groups is 1. The molecule has 0 aromatic heterocycles. The Morgan fingerprint density at radius 3 is 1.86 bits per heavy atom. The number of amides is 4. The second kappa shape index (κ2) is 15.9. The van der Waals surface area contributed by atoms with Gasteiger partial charge in [-0.15, -0.1) is 0 Å². The van der Waals surface area contributed by atoms with Crippen LogP contribution < -0.4 is 38.9 Å². The molecule has 4 amide bonds. The highest BCUT2D eigenvalue weighted by atomic mass is 16.4. The van der Waals surface area contributed by atoms with E-state index in [1.54, 1.807) is 13.8 Å². The Morgan fingerprint density at radius 2 is 1.39 bits per heavy atom. The van der Waals surface area contributed by atoms with Gasteiger partial charge in [0.1, 0.15) is 18.1 Å². The van der Waals surface area contributed by atoms with E-state index in [9.17, 15) is 33.9 Å². The Kier molecular flexibility index (Phi) is 14.1. The molecule has 4 unspecified atom stereocenters. The molecule has 0 aliphatic carbocycles. The molecule has 0 aliphatic heterocycles. The van der Waals surface area contributed by atoms with Gasteiger partial charge < -0.3 is 49.1 Å². The largest absolute Gasteiger partial charge is 0.481 e. The molecule has 16 heteroatoms. The van der Waals surface area contributed by atoms with Crippen LogP contribution in [-0.2, 0) is 28.8 Å².